The Morgan fingerprint density at radius 3 is 2.78 bits per heavy atom. The third-order valence-electron chi connectivity index (χ3n) is 2.94. The van der Waals surface area contributed by atoms with E-state index in [0.29, 0.717) is 19.0 Å². The van der Waals surface area contributed by atoms with Crippen LogP contribution in [0.4, 0.5) is 4.39 Å². The van der Waals surface area contributed by atoms with E-state index in [4.69, 9.17) is 9.47 Å². The van der Waals surface area contributed by atoms with Gasteiger partial charge in [-0.25, -0.2) is 9.18 Å². The van der Waals surface area contributed by atoms with E-state index < -0.39 is 0 Å². The lowest BCUT2D eigenvalue weighted by molar-refractivity contribution is -0.137. The van der Waals surface area contributed by atoms with Gasteiger partial charge in [-0.15, -0.1) is 0 Å². The average Bonchev–Trinajstić information content (AvgIpc) is 2.52. The maximum absolute atomic E-state index is 13.1. The Hall–Kier alpha value is -1.89. The monoisotopic (exact) mass is 426 g/mol. The van der Waals surface area contributed by atoms with Crippen LogP contribution in [0.3, 0.4) is 0 Å². The first-order valence-electron chi connectivity index (χ1n) is 7.10. The fraction of sp³-hybridized carbons (Fsp3) is 0.167. The molecule has 0 N–H and O–H groups in total. The molecule has 2 aromatic carbocycles. The van der Waals surface area contributed by atoms with Gasteiger partial charge in [-0.3, -0.25) is 0 Å². The van der Waals surface area contributed by atoms with Crippen molar-refractivity contribution in [1.29, 1.82) is 0 Å². The van der Waals surface area contributed by atoms with Crippen molar-refractivity contribution in [3.05, 3.63) is 69.1 Å². The molecule has 0 aliphatic carbocycles. The van der Waals surface area contributed by atoms with Crippen molar-refractivity contribution < 1.29 is 18.7 Å². The van der Waals surface area contributed by atoms with Crippen LogP contribution in [0.1, 0.15) is 18.1 Å². The van der Waals surface area contributed by atoms with E-state index in [9.17, 15) is 9.18 Å². The first kappa shape index (κ1) is 17.5. The van der Waals surface area contributed by atoms with Gasteiger partial charge in [0.25, 0.3) is 0 Å². The molecule has 2 aromatic rings. The zero-order chi connectivity index (χ0) is 16.7. The van der Waals surface area contributed by atoms with Crippen molar-refractivity contribution in [1.82, 2.24) is 0 Å². The van der Waals surface area contributed by atoms with Gasteiger partial charge in [-0.1, -0.05) is 18.2 Å². The molecule has 0 atom stereocenters. The van der Waals surface area contributed by atoms with Gasteiger partial charge in [0.05, 0.1) is 10.2 Å². The molecule has 0 unspecified atom stereocenters. The fourth-order valence-corrected chi connectivity index (χ4v) is 2.58. The molecule has 0 bridgehead atoms. The summed E-state index contributed by atoms with van der Waals surface area (Å²) in [6, 6.07) is 11.9. The van der Waals surface area contributed by atoms with Crippen LogP contribution in [-0.4, -0.2) is 12.6 Å². The van der Waals surface area contributed by atoms with E-state index in [-0.39, 0.29) is 11.8 Å². The molecule has 3 nitrogen and oxygen atoms in total. The van der Waals surface area contributed by atoms with Crippen LogP contribution in [0.25, 0.3) is 6.08 Å². The summed E-state index contributed by atoms with van der Waals surface area (Å²) in [5, 5.41) is 0. The Labute approximate surface area is 148 Å². The second-order valence-electron chi connectivity index (χ2n) is 4.69. The van der Waals surface area contributed by atoms with Crippen molar-refractivity contribution in [3.8, 4) is 5.75 Å². The van der Waals surface area contributed by atoms with E-state index in [2.05, 4.69) is 22.6 Å². The molecule has 0 radical (unpaired) electrons. The lowest BCUT2D eigenvalue weighted by Crippen LogP contribution is -1.99. The number of carbonyl (C=O) groups is 1. The largest absolute Gasteiger partial charge is 0.488 e. The Kier molecular flexibility index (Phi) is 6.58. The van der Waals surface area contributed by atoms with E-state index in [0.717, 1.165) is 14.7 Å². The molecular weight excluding hydrogens is 410 g/mol. The number of ether oxygens (including phenoxy) is 2. The minimum atomic E-state index is -0.367. The van der Waals surface area contributed by atoms with Gasteiger partial charge in [0.2, 0.25) is 0 Å². The van der Waals surface area contributed by atoms with Crippen molar-refractivity contribution in [2.75, 3.05) is 6.61 Å². The molecular formula is C18H16FIO3. The molecule has 0 amide bonds. The minimum Gasteiger partial charge on any atom is -0.488 e. The van der Waals surface area contributed by atoms with Gasteiger partial charge in [0, 0.05) is 6.08 Å². The van der Waals surface area contributed by atoms with Crippen LogP contribution < -0.4 is 4.74 Å². The maximum atomic E-state index is 13.1. The van der Waals surface area contributed by atoms with E-state index >= 15 is 0 Å². The predicted octanol–water partition coefficient (Wildman–Crippen LogP) is 4.59. The van der Waals surface area contributed by atoms with E-state index in [1.807, 2.05) is 24.3 Å². The highest BCUT2D eigenvalue weighted by molar-refractivity contribution is 14.1. The molecule has 0 aromatic heterocycles. The van der Waals surface area contributed by atoms with Gasteiger partial charge < -0.3 is 9.47 Å². The smallest absolute Gasteiger partial charge is 0.330 e. The van der Waals surface area contributed by atoms with Crippen molar-refractivity contribution >= 4 is 34.6 Å². The summed E-state index contributed by atoms with van der Waals surface area (Å²) < 4.78 is 24.6. The average molecular weight is 426 g/mol. The molecule has 0 saturated heterocycles. The Bertz CT molecular complexity index is 713. The lowest BCUT2D eigenvalue weighted by Gasteiger charge is -2.09. The number of hydrogen-bond acceptors (Lipinski definition) is 3. The normalized spacial score (nSPS) is 10.7. The van der Waals surface area contributed by atoms with Crippen LogP contribution in [-0.2, 0) is 16.1 Å². The van der Waals surface area contributed by atoms with Crippen LogP contribution in [0, 0.1) is 9.39 Å². The molecule has 120 valence electrons. The summed E-state index contributed by atoms with van der Waals surface area (Å²) in [4.78, 5) is 11.3. The summed E-state index contributed by atoms with van der Waals surface area (Å²) >= 11 is 2.16. The molecule has 0 fully saturated rings. The number of carbonyl (C=O) groups excluding carboxylic acids is 1. The van der Waals surface area contributed by atoms with Crippen LogP contribution in [0.2, 0.25) is 0 Å². The number of esters is 1. The Balaban J connectivity index is 2.00. The standard InChI is InChI=1S/C18H16FIO3/c1-2-22-18(21)9-7-13-6-8-17(16(20)11-13)23-12-14-4-3-5-15(19)10-14/h3-11H,2,12H2,1H3/b9-7+. The first-order chi connectivity index (χ1) is 11.1. The molecule has 5 heteroatoms. The van der Waals surface area contributed by atoms with Gasteiger partial charge in [0.15, 0.2) is 0 Å². The molecule has 0 spiro atoms. The number of halogens is 2. The number of rotatable bonds is 6. The highest BCUT2D eigenvalue weighted by atomic mass is 127. The van der Waals surface area contributed by atoms with Crippen molar-refractivity contribution in [2.24, 2.45) is 0 Å². The maximum Gasteiger partial charge on any atom is 0.330 e. The third kappa shape index (κ3) is 5.67. The highest BCUT2D eigenvalue weighted by Gasteiger charge is 2.03. The van der Waals surface area contributed by atoms with Crippen LogP contribution >= 0.6 is 22.6 Å². The van der Waals surface area contributed by atoms with Crippen LogP contribution in [0.5, 0.6) is 5.75 Å². The molecule has 0 aliphatic heterocycles. The predicted molar refractivity (Wildman–Crippen MR) is 95.6 cm³/mol. The van der Waals surface area contributed by atoms with Gasteiger partial charge in [-0.05, 0) is 71.0 Å². The number of hydrogen-bond donors (Lipinski definition) is 0. The third-order valence-corrected chi connectivity index (χ3v) is 3.78. The SMILES string of the molecule is CCOC(=O)/C=C/c1ccc(OCc2cccc(F)c2)c(I)c1. The molecule has 0 heterocycles. The number of benzene rings is 2. The second kappa shape index (κ2) is 8.67. The first-order valence-corrected chi connectivity index (χ1v) is 8.18. The lowest BCUT2D eigenvalue weighted by atomic mass is 10.2. The summed E-state index contributed by atoms with van der Waals surface area (Å²) in [6.07, 6.45) is 3.08. The topological polar surface area (TPSA) is 35.5 Å². The summed E-state index contributed by atoms with van der Waals surface area (Å²) in [7, 11) is 0. The summed E-state index contributed by atoms with van der Waals surface area (Å²) in [6.45, 7) is 2.42. The zero-order valence-corrected chi connectivity index (χ0v) is 14.7. The minimum absolute atomic E-state index is 0.278. The quantitative estimate of drug-likeness (QED) is 0.385. The van der Waals surface area contributed by atoms with Gasteiger partial charge >= 0.3 is 5.97 Å². The van der Waals surface area contributed by atoms with Crippen molar-refractivity contribution in [2.45, 2.75) is 13.5 Å². The van der Waals surface area contributed by atoms with E-state index in [1.165, 1.54) is 18.2 Å². The fourth-order valence-electron chi connectivity index (χ4n) is 1.88. The van der Waals surface area contributed by atoms with Gasteiger partial charge in [-0.2, -0.15) is 0 Å². The Morgan fingerprint density at radius 2 is 2.09 bits per heavy atom. The molecule has 0 aliphatic rings. The Morgan fingerprint density at radius 1 is 1.26 bits per heavy atom. The summed E-state index contributed by atoms with van der Waals surface area (Å²) in [5.74, 6) is 0.0670. The molecule has 2 rings (SSSR count). The summed E-state index contributed by atoms with van der Waals surface area (Å²) in [5.41, 5.74) is 1.65. The van der Waals surface area contributed by atoms with Gasteiger partial charge in [0.1, 0.15) is 18.2 Å². The molecule has 23 heavy (non-hydrogen) atoms. The van der Waals surface area contributed by atoms with Crippen molar-refractivity contribution in [3.63, 3.8) is 0 Å². The zero-order valence-electron chi connectivity index (χ0n) is 12.6. The highest BCUT2D eigenvalue weighted by Crippen LogP contribution is 2.24. The second-order valence-corrected chi connectivity index (χ2v) is 5.86. The van der Waals surface area contributed by atoms with E-state index in [1.54, 1.807) is 19.1 Å². The molecule has 0 saturated carbocycles. The van der Waals surface area contributed by atoms with Crippen LogP contribution in [0.15, 0.2) is 48.5 Å².